The van der Waals surface area contributed by atoms with Gasteiger partial charge in [-0.25, -0.2) is 4.39 Å². The van der Waals surface area contributed by atoms with Gasteiger partial charge in [-0.15, -0.1) is 0 Å². The molecule has 2 aliphatic heterocycles. The molecule has 0 radical (unpaired) electrons. The highest BCUT2D eigenvalue weighted by Gasteiger charge is 2.46. The maximum absolute atomic E-state index is 14.1. The molecule has 1 saturated heterocycles. The summed E-state index contributed by atoms with van der Waals surface area (Å²) in [6.07, 6.45) is 9.68. The van der Waals surface area contributed by atoms with Crippen LogP contribution in [0.5, 0.6) is 0 Å². The van der Waals surface area contributed by atoms with Gasteiger partial charge < -0.3 is 14.7 Å². The number of hydrogen-bond donors (Lipinski definition) is 0. The van der Waals surface area contributed by atoms with Crippen molar-refractivity contribution in [2.75, 3.05) is 51.7 Å². The first-order valence-electron chi connectivity index (χ1n) is 11.1. The highest BCUT2D eigenvalue weighted by Crippen LogP contribution is 2.48. The van der Waals surface area contributed by atoms with E-state index in [4.69, 9.17) is 0 Å². The number of rotatable bonds is 4. The van der Waals surface area contributed by atoms with Crippen molar-refractivity contribution in [2.45, 2.75) is 31.1 Å². The number of anilines is 1. The average Bonchev–Trinajstić information content (AvgIpc) is 3.38. The van der Waals surface area contributed by atoms with Crippen LogP contribution in [0.2, 0.25) is 0 Å². The van der Waals surface area contributed by atoms with Crippen LogP contribution in [-0.2, 0) is 10.2 Å². The summed E-state index contributed by atoms with van der Waals surface area (Å²) in [7, 11) is 3.59. The molecular weight excluding hydrogens is 365 g/mol. The van der Waals surface area contributed by atoms with E-state index in [1.54, 1.807) is 25.1 Å². The fraction of sp³-hybridized carbons (Fsp3) is 0.625. The van der Waals surface area contributed by atoms with Gasteiger partial charge in [-0.1, -0.05) is 12.2 Å². The number of carbonyl (C=O) groups is 1. The minimum atomic E-state index is -0.167. The Bertz CT molecular complexity index is 827. The first kappa shape index (κ1) is 19.1. The SMILES string of the molecule is CN(C)C(=O)CN1CC2(CCN(C[C@@H]3C[C@H]4C=CC3C4)CC2)c2cc(F)ccc21. The molecule has 5 heteroatoms. The Labute approximate surface area is 173 Å². The molecule has 4 nitrogen and oxygen atoms in total. The standard InChI is InChI=1S/C24H32FN3O/c1-26(2)23(29)15-28-16-24(21-13-20(25)5-6-22(21)28)7-9-27(10-8-24)14-19-12-17-3-4-18(19)11-17/h3-6,13,17-19H,7-12,14-16H2,1-2H3/t17-,18?,19-/m0/s1. The summed E-state index contributed by atoms with van der Waals surface area (Å²) in [4.78, 5) is 18.8. The minimum Gasteiger partial charge on any atom is -0.361 e. The molecule has 2 aliphatic carbocycles. The molecule has 2 fully saturated rings. The maximum Gasteiger partial charge on any atom is 0.241 e. The van der Waals surface area contributed by atoms with Gasteiger partial charge in [0.25, 0.3) is 0 Å². The predicted octanol–water partition coefficient (Wildman–Crippen LogP) is 3.28. The second-order valence-corrected chi connectivity index (χ2v) is 9.93. The molecule has 1 aromatic carbocycles. The summed E-state index contributed by atoms with van der Waals surface area (Å²) < 4.78 is 14.1. The summed E-state index contributed by atoms with van der Waals surface area (Å²) in [5.41, 5.74) is 2.15. The predicted molar refractivity (Wildman–Crippen MR) is 114 cm³/mol. The molecule has 3 atom stereocenters. The molecule has 2 heterocycles. The van der Waals surface area contributed by atoms with Crippen molar-refractivity contribution < 1.29 is 9.18 Å². The van der Waals surface area contributed by atoms with E-state index in [0.29, 0.717) is 6.54 Å². The topological polar surface area (TPSA) is 26.8 Å². The first-order valence-corrected chi connectivity index (χ1v) is 11.1. The molecule has 1 spiro atoms. The summed E-state index contributed by atoms with van der Waals surface area (Å²) in [6.45, 7) is 4.55. The minimum absolute atomic E-state index is 0.0187. The Balaban J connectivity index is 1.30. The normalized spacial score (nSPS) is 29.6. The third-order valence-electron chi connectivity index (χ3n) is 7.91. The molecule has 1 aromatic rings. The molecule has 4 aliphatic rings. The molecule has 156 valence electrons. The van der Waals surface area contributed by atoms with Crippen LogP contribution in [0.25, 0.3) is 0 Å². The van der Waals surface area contributed by atoms with Gasteiger partial charge in [0, 0.05) is 38.3 Å². The van der Waals surface area contributed by atoms with E-state index in [0.717, 1.165) is 61.5 Å². The summed E-state index contributed by atoms with van der Waals surface area (Å²) in [5, 5.41) is 0. The zero-order chi connectivity index (χ0) is 20.2. The zero-order valence-corrected chi connectivity index (χ0v) is 17.6. The molecule has 1 amide bonds. The number of likely N-dealkylation sites (tertiary alicyclic amines) is 1. The van der Waals surface area contributed by atoms with Gasteiger partial charge in [0.1, 0.15) is 5.82 Å². The Kier molecular flexibility index (Phi) is 4.69. The van der Waals surface area contributed by atoms with Gasteiger partial charge in [0.2, 0.25) is 5.91 Å². The lowest BCUT2D eigenvalue weighted by molar-refractivity contribution is -0.127. The second-order valence-electron chi connectivity index (χ2n) is 9.93. The van der Waals surface area contributed by atoms with Crippen LogP contribution in [0, 0.1) is 23.6 Å². The van der Waals surface area contributed by atoms with E-state index in [-0.39, 0.29) is 17.1 Å². The number of carbonyl (C=O) groups excluding carboxylic acids is 1. The van der Waals surface area contributed by atoms with Crippen LogP contribution in [-0.4, -0.2) is 62.5 Å². The molecule has 1 unspecified atom stereocenters. The van der Waals surface area contributed by atoms with Gasteiger partial charge >= 0.3 is 0 Å². The van der Waals surface area contributed by atoms with E-state index in [9.17, 15) is 9.18 Å². The van der Waals surface area contributed by atoms with E-state index in [2.05, 4.69) is 22.0 Å². The average molecular weight is 398 g/mol. The number of nitrogens with zero attached hydrogens (tertiary/aromatic N) is 3. The van der Waals surface area contributed by atoms with E-state index in [1.807, 2.05) is 6.07 Å². The molecule has 5 rings (SSSR count). The third-order valence-corrected chi connectivity index (χ3v) is 7.91. The second kappa shape index (κ2) is 7.12. The number of hydrogen-bond acceptors (Lipinski definition) is 3. The van der Waals surface area contributed by atoms with E-state index >= 15 is 0 Å². The molecule has 1 saturated carbocycles. The van der Waals surface area contributed by atoms with E-state index < -0.39 is 0 Å². The molecule has 0 N–H and O–H groups in total. The Hall–Kier alpha value is -1.88. The van der Waals surface area contributed by atoms with Crippen LogP contribution in [0.3, 0.4) is 0 Å². The number of allylic oxidation sites excluding steroid dienone is 2. The zero-order valence-electron chi connectivity index (χ0n) is 17.6. The summed E-state index contributed by atoms with van der Waals surface area (Å²) >= 11 is 0. The first-order chi connectivity index (χ1) is 13.9. The third kappa shape index (κ3) is 3.37. The van der Waals surface area contributed by atoms with Crippen molar-refractivity contribution in [3.8, 4) is 0 Å². The number of piperidine rings is 1. The van der Waals surface area contributed by atoms with Gasteiger partial charge in [-0.05, 0) is 80.3 Å². The van der Waals surface area contributed by atoms with Crippen LogP contribution < -0.4 is 4.90 Å². The number of amides is 1. The number of likely N-dealkylation sites (N-methyl/N-ethyl adjacent to an activating group) is 1. The lowest BCUT2D eigenvalue weighted by atomic mass is 9.74. The smallest absolute Gasteiger partial charge is 0.241 e. The summed E-state index contributed by atoms with van der Waals surface area (Å²) in [6, 6.07) is 5.13. The highest BCUT2D eigenvalue weighted by atomic mass is 19.1. The molecule has 29 heavy (non-hydrogen) atoms. The highest BCUT2D eigenvalue weighted by molar-refractivity contribution is 5.82. The van der Waals surface area contributed by atoms with Gasteiger partial charge in [0.15, 0.2) is 0 Å². The molecule has 2 bridgehead atoms. The Morgan fingerprint density at radius 1 is 1.21 bits per heavy atom. The lowest BCUT2D eigenvalue weighted by Gasteiger charge is -2.41. The Morgan fingerprint density at radius 3 is 2.66 bits per heavy atom. The van der Waals surface area contributed by atoms with Crippen molar-refractivity contribution in [1.82, 2.24) is 9.80 Å². The van der Waals surface area contributed by atoms with Crippen LogP contribution in [0.15, 0.2) is 30.4 Å². The number of benzene rings is 1. The van der Waals surface area contributed by atoms with Gasteiger partial charge in [-0.3, -0.25) is 4.79 Å². The summed E-state index contributed by atoms with van der Waals surface area (Å²) in [5.74, 6) is 2.37. The van der Waals surface area contributed by atoms with Crippen molar-refractivity contribution in [2.24, 2.45) is 17.8 Å². The quantitative estimate of drug-likeness (QED) is 0.730. The van der Waals surface area contributed by atoms with Crippen molar-refractivity contribution >= 4 is 11.6 Å². The maximum atomic E-state index is 14.1. The van der Waals surface area contributed by atoms with Crippen LogP contribution in [0.1, 0.15) is 31.2 Å². The van der Waals surface area contributed by atoms with Gasteiger partial charge in [0.05, 0.1) is 6.54 Å². The Morgan fingerprint density at radius 2 is 2.00 bits per heavy atom. The number of halogens is 1. The van der Waals surface area contributed by atoms with E-state index in [1.165, 1.54) is 25.5 Å². The van der Waals surface area contributed by atoms with Crippen molar-refractivity contribution in [3.63, 3.8) is 0 Å². The monoisotopic (exact) mass is 397 g/mol. The van der Waals surface area contributed by atoms with Crippen molar-refractivity contribution in [1.29, 1.82) is 0 Å². The lowest BCUT2D eigenvalue weighted by Crippen LogP contribution is -2.47. The molecular formula is C24H32FN3O. The largest absolute Gasteiger partial charge is 0.361 e. The van der Waals surface area contributed by atoms with Crippen LogP contribution in [0.4, 0.5) is 10.1 Å². The number of fused-ring (bicyclic) bond motifs is 4. The fourth-order valence-electron chi connectivity index (χ4n) is 6.22. The molecule has 0 aromatic heterocycles. The fourth-order valence-corrected chi connectivity index (χ4v) is 6.22. The van der Waals surface area contributed by atoms with Gasteiger partial charge in [-0.2, -0.15) is 0 Å². The van der Waals surface area contributed by atoms with Crippen molar-refractivity contribution in [3.05, 3.63) is 41.7 Å². The van der Waals surface area contributed by atoms with Crippen LogP contribution >= 0.6 is 0 Å².